The third-order valence-corrected chi connectivity index (χ3v) is 2.68. The van der Waals surface area contributed by atoms with Crippen molar-refractivity contribution < 1.29 is 19.4 Å². The quantitative estimate of drug-likeness (QED) is 0.826. The normalized spacial score (nSPS) is 10.1. The molecule has 7 nitrogen and oxygen atoms in total. The molecule has 7 heteroatoms. The maximum absolute atomic E-state index is 11.3. The van der Waals surface area contributed by atoms with E-state index in [2.05, 4.69) is 9.97 Å². The smallest absolute Gasteiger partial charge is 0.354 e. The highest BCUT2D eigenvalue weighted by molar-refractivity contribution is 5.85. The lowest BCUT2D eigenvalue weighted by molar-refractivity contribution is 0.0689. The number of aromatic carboxylic acids is 1. The molecular weight excluding hydrogens is 276 g/mol. The predicted molar refractivity (Wildman–Crippen MR) is 74.0 cm³/mol. The van der Waals surface area contributed by atoms with Gasteiger partial charge in [-0.05, 0) is 12.1 Å². The van der Waals surface area contributed by atoms with Gasteiger partial charge >= 0.3 is 5.97 Å². The maximum atomic E-state index is 11.3. The number of nitrogens with zero attached hydrogens (tertiary/aromatic N) is 1. The van der Waals surface area contributed by atoms with Gasteiger partial charge in [-0.15, -0.1) is 0 Å². The molecule has 0 amide bonds. The van der Waals surface area contributed by atoms with Gasteiger partial charge in [-0.1, -0.05) is 12.1 Å². The number of aromatic amines is 1. The van der Waals surface area contributed by atoms with Gasteiger partial charge < -0.3 is 19.6 Å². The highest BCUT2D eigenvalue weighted by Crippen LogP contribution is 2.25. The van der Waals surface area contributed by atoms with E-state index in [1.165, 1.54) is 7.11 Å². The lowest BCUT2D eigenvalue weighted by Crippen LogP contribution is -2.17. The number of H-pyrrole nitrogens is 1. The van der Waals surface area contributed by atoms with Crippen LogP contribution >= 0.6 is 0 Å². The largest absolute Gasteiger partial charge is 0.493 e. The van der Waals surface area contributed by atoms with E-state index in [4.69, 9.17) is 14.6 Å². The lowest BCUT2D eigenvalue weighted by atomic mass is 10.3. The Morgan fingerprint density at radius 2 is 2.05 bits per heavy atom. The van der Waals surface area contributed by atoms with Crippen molar-refractivity contribution in [1.29, 1.82) is 0 Å². The van der Waals surface area contributed by atoms with Gasteiger partial charge in [0.2, 0.25) is 0 Å². The van der Waals surface area contributed by atoms with Crippen molar-refractivity contribution in [2.45, 2.75) is 6.42 Å². The average molecular weight is 290 g/mol. The first-order valence-corrected chi connectivity index (χ1v) is 6.19. The molecule has 110 valence electrons. The minimum Gasteiger partial charge on any atom is -0.493 e. The second-order valence-corrected chi connectivity index (χ2v) is 4.13. The van der Waals surface area contributed by atoms with Crippen LogP contribution in [0.5, 0.6) is 11.5 Å². The van der Waals surface area contributed by atoms with E-state index in [1.807, 2.05) is 12.1 Å². The fourth-order valence-corrected chi connectivity index (χ4v) is 1.73. The second kappa shape index (κ2) is 6.56. The number of carboxylic acids is 1. The predicted octanol–water partition coefficient (Wildman–Crippen LogP) is 1.10. The minimum atomic E-state index is -1.24. The number of carboxylic acid groups (broad SMARTS) is 1. The SMILES string of the molecule is COc1ccccc1OCCc1nc(C(=O)O)cc(=O)[nH]1. The van der Waals surface area contributed by atoms with Gasteiger partial charge in [0, 0.05) is 12.5 Å². The molecule has 0 fully saturated rings. The summed E-state index contributed by atoms with van der Waals surface area (Å²) in [5.74, 6) is 0.178. The van der Waals surface area contributed by atoms with Crippen molar-refractivity contribution in [1.82, 2.24) is 9.97 Å². The summed E-state index contributed by atoms with van der Waals surface area (Å²) in [6, 6.07) is 8.08. The zero-order chi connectivity index (χ0) is 15.2. The van der Waals surface area contributed by atoms with Crippen LogP contribution in [0.25, 0.3) is 0 Å². The Bertz CT molecular complexity index is 696. The molecule has 0 spiro atoms. The van der Waals surface area contributed by atoms with E-state index in [1.54, 1.807) is 12.1 Å². The molecule has 0 saturated heterocycles. The molecule has 2 N–H and O–H groups in total. The average Bonchev–Trinajstić information content (AvgIpc) is 2.47. The third-order valence-electron chi connectivity index (χ3n) is 2.68. The van der Waals surface area contributed by atoms with Crippen molar-refractivity contribution in [2.75, 3.05) is 13.7 Å². The summed E-state index contributed by atoms with van der Waals surface area (Å²) in [5.41, 5.74) is -0.791. The van der Waals surface area contributed by atoms with Gasteiger partial charge in [0.1, 0.15) is 5.82 Å². The number of ether oxygens (including phenoxy) is 2. The molecule has 0 unspecified atom stereocenters. The zero-order valence-corrected chi connectivity index (χ0v) is 11.3. The Morgan fingerprint density at radius 1 is 1.33 bits per heavy atom. The molecule has 0 radical (unpaired) electrons. The second-order valence-electron chi connectivity index (χ2n) is 4.13. The molecule has 1 heterocycles. The van der Waals surface area contributed by atoms with E-state index in [0.29, 0.717) is 11.5 Å². The van der Waals surface area contributed by atoms with E-state index in [-0.39, 0.29) is 24.5 Å². The van der Waals surface area contributed by atoms with Crippen LogP contribution in [-0.2, 0) is 6.42 Å². The van der Waals surface area contributed by atoms with Crippen LogP contribution in [0.15, 0.2) is 35.1 Å². The van der Waals surface area contributed by atoms with Crippen molar-refractivity contribution in [3.63, 3.8) is 0 Å². The van der Waals surface area contributed by atoms with Gasteiger partial charge in [-0.2, -0.15) is 0 Å². The van der Waals surface area contributed by atoms with Crippen LogP contribution in [0.2, 0.25) is 0 Å². The fourth-order valence-electron chi connectivity index (χ4n) is 1.73. The lowest BCUT2D eigenvalue weighted by Gasteiger charge is -2.09. The summed E-state index contributed by atoms with van der Waals surface area (Å²) in [5, 5.41) is 8.84. The topological polar surface area (TPSA) is 102 Å². The van der Waals surface area contributed by atoms with Gasteiger partial charge in [0.25, 0.3) is 5.56 Å². The van der Waals surface area contributed by atoms with Crippen LogP contribution < -0.4 is 15.0 Å². The number of aromatic nitrogens is 2. The molecule has 2 rings (SSSR count). The summed E-state index contributed by atoms with van der Waals surface area (Å²) in [6.07, 6.45) is 0.272. The number of hydrogen-bond acceptors (Lipinski definition) is 5. The standard InChI is InChI=1S/C14H14N2O5/c1-20-10-4-2-3-5-11(10)21-7-6-12-15-9(14(18)19)8-13(17)16-12/h2-5,8H,6-7H2,1H3,(H,18,19)(H,15,16,17). The van der Waals surface area contributed by atoms with Crippen molar-refractivity contribution in [3.8, 4) is 11.5 Å². The summed E-state index contributed by atoms with van der Waals surface area (Å²) in [6.45, 7) is 0.229. The number of para-hydroxylation sites is 2. The highest BCUT2D eigenvalue weighted by atomic mass is 16.5. The highest BCUT2D eigenvalue weighted by Gasteiger charge is 2.09. The fraction of sp³-hybridized carbons (Fsp3) is 0.214. The number of nitrogens with one attached hydrogen (secondary N) is 1. The number of methoxy groups -OCH3 is 1. The van der Waals surface area contributed by atoms with E-state index >= 15 is 0 Å². The van der Waals surface area contributed by atoms with Crippen molar-refractivity contribution in [2.24, 2.45) is 0 Å². The monoisotopic (exact) mass is 290 g/mol. The Balaban J connectivity index is 2.03. The molecule has 0 aliphatic heterocycles. The molecule has 0 atom stereocenters. The molecule has 1 aromatic carbocycles. The Labute approximate surface area is 120 Å². The molecule has 0 aliphatic rings. The number of rotatable bonds is 6. The number of carbonyl (C=O) groups is 1. The summed E-state index contributed by atoms with van der Waals surface area (Å²) in [4.78, 5) is 28.5. The van der Waals surface area contributed by atoms with Crippen molar-refractivity contribution >= 4 is 5.97 Å². The Morgan fingerprint density at radius 3 is 2.71 bits per heavy atom. The van der Waals surface area contributed by atoms with Crippen LogP contribution in [0, 0.1) is 0 Å². The van der Waals surface area contributed by atoms with E-state index < -0.39 is 11.5 Å². The number of benzene rings is 1. The maximum Gasteiger partial charge on any atom is 0.354 e. The van der Waals surface area contributed by atoms with Crippen LogP contribution in [0.4, 0.5) is 0 Å². The molecule has 21 heavy (non-hydrogen) atoms. The summed E-state index contributed by atoms with van der Waals surface area (Å²) in [7, 11) is 1.54. The number of hydrogen-bond donors (Lipinski definition) is 2. The first kappa shape index (κ1) is 14.6. The van der Waals surface area contributed by atoms with Gasteiger partial charge in [0.05, 0.1) is 13.7 Å². The van der Waals surface area contributed by atoms with Gasteiger partial charge in [-0.25, -0.2) is 9.78 Å². The van der Waals surface area contributed by atoms with Gasteiger partial charge in [-0.3, -0.25) is 4.79 Å². The molecule has 0 aliphatic carbocycles. The third kappa shape index (κ3) is 3.82. The van der Waals surface area contributed by atoms with Crippen LogP contribution in [0.1, 0.15) is 16.3 Å². The van der Waals surface area contributed by atoms with E-state index in [0.717, 1.165) is 6.07 Å². The van der Waals surface area contributed by atoms with Crippen molar-refractivity contribution in [3.05, 3.63) is 52.2 Å². The molecule has 1 aromatic heterocycles. The molecule has 0 saturated carbocycles. The Hall–Kier alpha value is -2.83. The van der Waals surface area contributed by atoms with E-state index in [9.17, 15) is 9.59 Å². The molecule has 2 aromatic rings. The summed E-state index contributed by atoms with van der Waals surface area (Å²) >= 11 is 0. The molecule has 0 bridgehead atoms. The van der Waals surface area contributed by atoms with Gasteiger partial charge in [0.15, 0.2) is 17.2 Å². The first-order chi connectivity index (χ1) is 10.1. The molecular formula is C14H14N2O5. The first-order valence-electron chi connectivity index (χ1n) is 6.19. The minimum absolute atomic E-state index is 0.229. The summed E-state index contributed by atoms with van der Waals surface area (Å²) < 4.78 is 10.7. The Kier molecular flexibility index (Phi) is 4.55. The van der Waals surface area contributed by atoms with Crippen LogP contribution in [0.3, 0.4) is 0 Å². The zero-order valence-electron chi connectivity index (χ0n) is 11.3. The van der Waals surface area contributed by atoms with Crippen LogP contribution in [-0.4, -0.2) is 34.8 Å².